The van der Waals surface area contributed by atoms with Gasteiger partial charge in [-0.3, -0.25) is 4.98 Å². The molecule has 0 radical (unpaired) electrons. The minimum Gasteiger partial charge on any atom is -0.475 e. The summed E-state index contributed by atoms with van der Waals surface area (Å²) in [6, 6.07) is 15.0. The molecule has 0 aliphatic heterocycles. The summed E-state index contributed by atoms with van der Waals surface area (Å²) in [5, 5.41) is 19.4. The Balaban J connectivity index is 0.000000479. The molecule has 11 heteroatoms. The van der Waals surface area contributed by atoms with Crippen LogP contribution in [0.2, 0.25) is 0 Å². The number of hydrogen-bond acceptors (Lipinski definition) is 6. The van der Waals surface area contributed by atoms with Crippen LogP contribution in [0.1, 0.15) is 36.8 Å². The van der Waals surface area contributed by atoms with Gasteiger partial charge in [0, 0.05) is 42.8 Å². The van der Waals surface area contributed by atoms with Crippen LogP contribution in [0.4, 0.5) is 17.6 Å². The lowest BCUT2D eigenvalue weighted by atomic mass is 9.92. The molecular formula is C26H24F4N4O3. The van der Waals surface area contributed by atoms with Gasteiger partial charge in [0.15, 0.2) is 0 Å². The van der Waals surface area contributed by atoms with Crippen LogP contribution < -0.4 is 10.1 Å². The van der Waals surface area contributed by atoms with Crippen molar-refractivity contribution in [2.75, 3.05) is 0 Å². The number of alkyl halides is 3. The molecule has 2 aromatic heterocycles. The molecule has 0 amide bonds. The minimum atomic E-state index is -5.08. The minimum absolute atomic E-state index is 0.125. The van der Waals surface area contributed by atoms with E-state index in [1.54, 1.807) is 30.6 Å². The molecule has 1 aromatic carbocycles. The third kappa shape index (κ3) is 8.54. The van der Waals surface area contributed by atoms with Crippen LogP contribution in [0.15, 0.2) is 61.1 Å². The molecule has 1 aliphatic carbocycles. The highest BCUT2D eigenvalue weighted by Crippen LogP contribution is 2.25. The van der Waals surface area contributed by atoms with E-state index in [0.29, 0.717) is 29.6 Å². The van der Waals surface area contributed by atoms with E-state index < -0.39 is 12.1 Å². The molecule has 7 nitrogen and oxygen atoms in total. The highest BCUT2D eigenvalue weighted by molar-refractivity contribution is 5.73. The number of halogens is 4. The van der Waals surface area contributed by atoms with Crippen molar-refractivity contribution >= 4 is 5.97 Å². The van der Waals surface area contributed by atoms with Crippen LogP contribution >= 0.6 is 0 Å². The van der Waals surface area contributed by atoms with Gasteiger partial charge >= 0.3 is 12.1 Å². The fourth-order valence-electron chi connectivity index (χ4n) is 3.74. The zero-order chi connectivity index (χ0) is 26.8. The fraction of sp³-hybridized carbons (Fsp3) is 0.308. The van der Waals surface area contributed by atoms with Gasteiger partial charge in [-0.1, -0.05) is 12.1 Å². The average Bonchev–Trinajstić information content (AvgIpc) is 2.89. The molecule has 3 aromatic rings. The molecule has 194 valence electrons. The molecule has 1 fully saturated rings. The van der Waals surface area contributed by atoms with Crippen molar-refractivity contribution in [3.05, 3.63) is 78.0 Å². The van der Waals surface area contributed by atoms with Gasteiger partial charge in [-0.15, -0.1) is 0 Å². The zero-order valence-electron chi connectivity index (χ0n) is 19.6. The molecule has 0 spiro atoms. The largest absolute Gasteiger partial charge is 0.490 e. The molecule has 0 bridgehead atoms. The fourth-order valence-corrected chi connectivity index (χ4v) is 3.74. The van der Waals surface area contributed by atoms with Gasteiger partial charge in [0.1, 0.15) is 18.0 Å². The van der Waals surface area contributed by atoms with E-state index >= 15 is 0 Å². The van der Waals surface area contributed by atoms with Gasteiger partial charge in [0.2, 0.25) is 5.88 Å². The van der Waals surface area contributed by atoms with E-state index in [0.717, 1.165) is 36.8 Å². The number of aliphatic carboxylic acids is 1. The summed E-state index contributed by atoms with van der Waals surface area (Å²) in [4.78, 5) is 17.1. The summed E-state index contributed by atoms with van der Waals surface area (Å²) in [5.41, 5.74) is 3.01. The SMILES string of the molecule is N#Cc1ccc(OC2CCC(NCc3ccc(-c4ccncc4)cc3F)CC2)nc1.O=C(O)C(F)(F)F. The van der Waals surface area contributed by atoms with Crippen molar-refractivity contribution < 1.29 is 32.2 Å². The number of nitrogens with one attached hydrogen (secondary N) is 1. The number of rotatable bonds is 6. The standard InChI is InChI=1S/C24H23FN4O.C2HF3O2/c25-23-13-19(18-9-11-27-12-10-18)2-3-20(23)16-28-21-4-6-22(7-5-21)30-24-8-1-17(14-26)15-29-24;3-2(4,5)1(6)7/h1-3,8-13,15,21-22,28H,4-7,16H2;(H,6,7). The second kappa shape index (κ2) is 12.8. The van der Waals surface area contributed by atoms with Crippen LogP contribution in [0.3, 0.4) is 0 Å². The Morgan fingerprint density at radius 2 is 1.76 bits per heavy atom. The first-order chi connectivity index (χ1) is 17.7. The molecule has 37 heavy (non-hydrogen) atoms. The lowest BCUT2D eigenvalue weighted by molar-refractivity contribution is -0.192. The number of benzene rings is 1. The van der Waals surface area contributed by atoms with E-state index in [2.05, 4.69) is 21.4 Å². The molecule has 1 saturated carbocycles. The van der Waals surface area contributed by atoms with Crippen LogP contribution in [-0.2, 0) is 11.3 Å². The van der Waals surface area contributed by atoms with Crippen molar-refractivity contribution in [1.29, 1.82) is 5.26 Å². The van der Waals surface area contributed by atoms with Gasteiger partial charge in [-0.25, -0.2) is 14.2 Å². The van der Waals surface area contributed by atoms with Crippen molar-refractivity contribution in [3.63, 3.8) is 0 Å². The second-order valence-corrected chi connectivity index (χ2v) is 8.31. The number of carboxylic acids is 1. The van der Waals surface area contributed by atoms with Gasteiger partial charge in [0.25, 0.3) is 0 Å². The van der Waals surface area contributed by atoms with Gasteiger partial charge < -0.3 is 15.2 Å². The normalized spacial score (nSPS) is 17.2. The van der Waals surface area contributed by atoms with E-state index in [-0.39, 0.29) is 11.9 Å². The maximum absolute atomic E-state index is 14.5. The molecule has 0 saturated heterocycles. The van der Waals surface area contributed by atoms with E-state index in [1.807, 2.05) is 24.3 Å². The molecule has 2 heterocycles. The Morgan fingerprint density at radius 3 is 2.30 bits per heavy atom. The van der Waals surface area contributed by atoms with E-state index in [1.165, 1.54) is 6.20 Å². The zero-order valence-corrected chi connectivity index (χ0v) is 19.6. The monoisotopic (exact) mass is 516 g/mol. The third-order valence-corrected chi connectivity index (χ3v) is 5.72. The molecule has 2 N–H and O–H groups in total. The number of nitrogens with zero attached hydrogens (tertiary/aromatic N) is 3. The van der Waals surface area contributed by atoms with E-state index in [4.69, 9.17) is 19.9 Å². The Labute approximate surface area is 210 Å². The van der Waals surface area contributed by atoms with E-state index in [9.17, 15) is 17.6 Å². The Hall–Kier alpha value is -4.04. The van der Waals surface area contributed by atoms with Gasteiger partial charge in [0.05, 0.1) is 5.56 Å². The molecule has 1 aliphatic rings. The van der Waals surface area contributed by atoms with Gasteiger partial charge in [-0.05, 0) is 61.1 Å². The number of carbonyl (C=O) groups is 1. The number of carboxylic acid groups (broad SMARTS) is 1. The predicted octanol–water partition coefficient (Wildman–Crippen LogP) is 5.27. The average molecular weight is 516 g/mol. The molecule has 0 atom stereocenters. The Bertz CT molecular complexity index is 1210. The first-order valence-corrected chi connectivity index (χ1v) is 11.4. The first kappa shape index (κ1) is 27.5. The summed E-state index contributed by atoms with van der Waals surface area (Å²) in [6.07, 6.45) is 3.76. The predicted molar refractivity (Wildman–Crippen MR) is 126 cm³/mol. The number of pyridine rings is 2. The van der Waals surface area contributed by atoms with Gasteiger partial charge in [-0.2, -0.15) is 18.4 Å². The third-order valence-electron chi connectivity index (χ3n) is 5.72. The summed E-state index contributed by atoms with van der Waals surface area (Å²) in [7, 11) is 0. The van der Waals surface area contributed by atoms with Crippen molar-refractivity contribution in [3.8, 4) is 23.1 Å². The quantitative estimate of drug-likeness (QED) is 0.430. The van der Waals surface area contributed by atoms with Crippen LogP contribution in [0, 0.1) is 17.1 Å². The number of aromatic nitrogens is 2. The number of ether oxygens (including phenoxy) is 1. The van der Waals surface area contributed by atoms with Crippen LogP contribution in [0.25, 0.3) is 11.1 Å². The summed E-state index contributed by atoms with van der Waals surface area (Å²) < 4.78 is 52.2. The van der Waals surface area contributed by atoms with Crippen molar-refractivity contribution in [2.45, 2.75) is 50.6 Å². The summed E-state index contributed by atoms with van der Waals surface area (Å²) in [5.74, 6) is -2.39. The Kier molecular flexibility index (Phi) is 9.51. The molecule has 0 unspecified atom stereocenters. The maximum Gasteiger partial charge on any atom is 0.490 e. The Morgan fingerprint density at radius 1 is 1.08 bits per heavy atom. The van der Waals surface area contributed by atoms with Crippen LogP contribution in [0.5, 0.6) is 5.88 Å². The second-order valence-electron chi connectivity index (χ2n) is 8.31. The highest BCUT2D eigenvalue weighted by Gasteiger charge is 2.38. The molecule has 4 rings (SSSR count). The summed E-state index contributed by atoms with van der Waals surface area (Å²) in [6.45, 7) is 0.510. The lowest BCUT2D eigenvalue weighted by Gasteiger charge is -2.29. The number of hydrogen-bond donors (Lipinski definition) is 2. The van der Waals surface area contributed by atoms with Crippen LogP contribution in [-0.4, -0.2) is 39.4 Å². The smallest absolute Gasteiger partial charge is 0.475 e. The van der Waals surface area contributed by atoms with Crippen molar-refractivity contribution in [1.82, 2.24) is 15.3 Å². The maximum atomic E-state index is 14.5. The molecular weight excluding hydrogens is 492 g/mol. The summed E-state index contributed by atoms with van der Waals surface area (Å²) >= 11 is 0. The lowest BCUT2D eigenvalue weighted by Crippen LogP contribution is -2.36. The number of nitriles is 1. The first-order valence-electron chi connectivity index (χ1n) is 11.4. The van der Waals surface area contributed by atoms with Crippen molar-refractivity contribution in [2.24, 2.45) is 0 Å². The highest BCUT2D eigenvalue weighted by atomic mass is 19.4. The topological polar surface area (TPSA) is 108 Å².